The molecule has 0 saturated carbocycles. The van der Waals surface area contributed by atoms with Crippen molar-refractivity contribution in [2.75, 3.05) is 13.2 Å². The Morgan fingerprint density at radius 1 is 0.300 bits per heavy atom. The number of rotatable bonds is 68. The zero-order valence-electron chi connectivity index (χ0n) is 54.1. The molecule has 0 saturated heterocycles. The predicted molar refractivity (Wildman–Crippen MR) is 353 cm³/mol. The molecule has 0 rings (SSSR count). The number of carbonyl (C=O) groups is 2. The number of unbranched alkanes of at least 4 members (excludes halogenated alkanes) is 52. The van der Waals surface area contributed by atoms with Gasteiger partial charge in [0.15, 0.2) is 6.10 Å². The largest absolute Gasteiger partial charge is 0.462 e. The smallest absolute Gasteiger partial charge is 0.306 e. The van der Waals surface area contributed by atoms with Crippen LogP contribution in [0.15, 0.2) is 48.6 Å². The van der Waals surface area contributed by atoms with E-state index in [2.05, 4.69) is 62.5 Å². The minimum Gasteiger partial charge on any atom is -0.462 e. The summed E-state index contributed by atoms with van der Waals surface area (Å²) < 4.78 is 10.8. The average molecular weight is 1120 g/mol. The van der Waals surface area contributed by atoms with Gasteiger partial charge < -0.3 is 14.6 Å². The second kappa shape index (κ2) is 71.1. The third-order valence-corrected chi connectivity index (χ3v) is 16.6. The summed E-state index contributed by atoms with van der Waals surface area (Å²) in [5.74, 6) is -0.574. The highest BCUT2D eigenvalue weighted by atomic mass is 16.6. The van der Waals surface area contributed by atoms with Gasteiger partial charge in [0.05, 0.1) is 6.61 Å². The molecule has 0 aliphatic heterocycles. The molecule has 0 aromatic carbocycles. The molecule has 0 fully saturated rings. The minimum atomic E-state index is -0.774. The quantitative estimate of drug-likeness (QED) is 0.0373. The lowest BCUT2D eigenvalue weighted by atomic mass is 10.0. The number of hydrogen-bond donors (Lipinski definition) is 1. The summed E-state index contributed by atoms with van der Waals surface area (Å²) in [7, 11) is 0. The van der Waals surface area contributed by atoms with Crippen LogP contribution in [0.25, 0.3) is 0 Å². The first-order valence-electron chi connectivity index (χ1n) is 36.2. The van der Waals surface area contributed by atoms with Gasteiger partial charge in [0.2, 0.25) is 0 Å². The third kappa shape index (κ3) is 68.4. The van der Waals surface area contributed by atoms with Crippen molar-refractivity contribution in [3.8, 4) is 0 Å². The molecule has 1 unspecified atom stereocenters. The highest BCUT2D eigenvalue weighted by Crippen LogP contribution is 2.19. The molecule has 0 bridgehead atoms. The van der Waals surface area contributed by atoms with Gasteiger partial charge in [-0.05, 0) is 51.4 Å². The zero-order valence-corrected chi connectivity index (χ0v) is 54.1. The molecule has 0 radical (unpaired) electrons. The van der Waals surface area contributed by atoms with E-state index in [1.165, 1.54) is 315 Å². The number of carbonyl (C=O) groups excluding carboxylic acids is 2. The van der Waals surface area contributed by atoms with Gasteiger partial charge >= 0.3 is 11.9 Å². The standard InChI is InChI=1S/C75H140O5/c1-3-5-7-9-11-13-15-17-19-21-23-25-27-29-30-31-32-33-34-35-36-37-38-39-40-41-42-43-44-46-47-49-51-53-55-57-59-61-63-65-67-69-74(77)79-72-73(71-76)80-75(78)70-68-66-64-62-60-58-56-54-52-50-48-45-28-26-24-22-20-18-16-14-12-10-8-6-4-2/h6,8,12,14,18,20,24,26,73,76H,3-5,7,9-11,13,15-17,19,21-23,25,27-72H2,1-2H3/b8-6-,14-12-,20-18-,26-24-. The van der Waals surface area contributed by atoms with E-state index in [9.17, 15) is 14.7 Å². The van der Waals surface area contributed by atoms with Crippen LogP contribution in [0.3, 0.4) is 0 Å². The molecule has 5 heteroatoms. The van der Waals surface area contributed by atoms with Crippen LogP contribution in [0.5, 0.6) is 0 Å². The molecular weight excluding hydrogens is 981 g/mol. The molecule has 0 aliphatic rings. The Kier molecular flexibility index (Phi) is 69.2. The van der Waals surface area contributed by atoms with Crippen molar-refractivity contribution in [2.45, 2.75) is 405 Å². The lowest BCUT2D eigenvalue weighted by Gasteiger charge is -2.15. The van der Waals surface area contributed by atoms with Crippen LogP contribution in [0.2, 0.25) is 0 Å². The number of aliphatic hydroxyl groups is 1. The summed E-state index contributed by atoms with van der Waals surface area (Å²) in [5, 5.41) is 9.70. The van der Waals surface area contributed by atoms with E-state index in [-0.39, 0.29) is 25.2 Å². The third-order valence-electron chi connectivity index (χ3n) is 16.6. The van der Waals surface area contributed by atoms with Crippen molar-refractivity contribution in [2.24, 2.45) is 0 Å². The lowest BCUT2D eigenvalue weighted by Crippen LogP contribution is -2.28. The molecule has 80 heavy (non-hydrogen) atoms. The Labute approximate surface area is 500 Å². The normalized spacial score (nSPS) is 12.4. The van der Waals surface area contributed by atoms with Gasteiger partial charge in [0.25, 0.3) is 0 Å². The van der Waals surface area contributed by atoms with Crippen LogP contribution in [0, 0.1) is 0 Å². The maximum absolute atomic E-state index is 12.3. The second-order valence-electron chi connectivity index (χ2n) is 24.7. The van der Waals surface area contributed by atoms with Crippen LogP contribution < -0.4 is 0 Å². The predicted octanol–water partition coefficient (Wildman–Crippen LogP) is 25.1. The van der Waals surface area contributed by atoms with Gasteiger partial charge in [-0.2, -0.15) is 0 Å². The first-order valence-corrected chi connectivity index (χ1v) is 36.2. The molecule has 0 aliphatic carbocycles. The second-order valence-corrected chi connectivity index (χ2v) is 24.7. The number of allylic oxidation sites excluding steroid dienone is 8. The average Bonchev–Trinajstić information content (AvgIpc) is 3.46. The first-order chi connectivity index (χ1) is 39.6. The van der Waals surface area contributed by atoms with Gasteiger partial charge in [0.1, 0.15) is 6.61 Å². The van der Waals surface area contributed by atoms with Gasteiger partial charge in [0, 0.05) is 12.8 Å². The van der Waals surface area contributed by atoms with Gasteiger partial charge in [-0.15, -0.1) is 0 Å². The Balaban J connectivity index is 3.36. The van der Waals surface area contributed by atoms with Crippen molar-refractivity contribution in [3.05, 3.63) is 48.6 Å². The molecule has 470 valence electrons. The van der Waals surface area contributed by atoms with E-state index in [1.54, 1.807) is 0 Å². The van der Waals surface area contributed by atoms with E-state index in [0.29, 0.717) is 12.8 Å². The molecule has 5 nitrogen and oxygen atoms in total. The lowest BCUT2D eigenvalue weighted by molar-refractivity contribution is -0.161. The number of ether oxygens (including phenoxy) is 2. The number of esters is 2. The van der Waals surface area contributed by atoms with Gasteiger partial charge in [-0.25, -0.2) is 0 Å². The summed E-state index contributed by atoms with van der Waals surface area (Å²) in [6.07, 6.45) is 96.1. The fourth-order valence-electron chi connectivity index (χ4n) is 11.3. The molecule has 0 aromatic heterocycles. The Morgan fingerprint density at radius 2 is 0.537 bits per heavy atom. The van der Waals surface area contributed by atoms with Crippen LogP contribution in [0.4, 0.5) is 0 Å². The van der Waals surface area contributed by atoms with Crippen molar-refractivity contribution >= 4 is 11.9 Å². The van der Waals surface area contributed by atoms with Crippen molar-refractivity contribution in [3.63, 3.8) is 0 Å². The fraction of sp³-hybridized carbons (Fsp3) is 0.867. The summed E-state index contributed by atoms with van der Waals surface area (Å²) >= 11 is 0. The highest BCUT2D eigenvalue weighted by Gasteiger charge is 2.16. The number of hydrogen-bond acceptors (Lipinski definition) is 5. The summed E-state index contributed by atoms with van der Waals surface area (Å²) in [5.41, 5.74) is 0. The van der Waals surface area contributed by atoms with Gasteiger partial charge in [-0.3, -0.25) is 9.59 Å². The Hall–Kier alpha value is -2.14. The monoisotopic (exact) mass is 1120 g/mol. The molecule has 0 aromatic rings. The van der Waals surface area contributed by atoms with Crippen molar-refractivity contribution in [1.82, 2.24) is 0 Å². The summed E-state index contributed by atoms with van der Waals surface area (Å²) in [6, 6.07) is 0. The number of aliphatic hydroxyl groups excluding tert-OH is 1. The SMILES string of the molecule is CC/C=C\C/C=C\C/C=C\C/C=C\CCCCCCCCCCCCCCC(=O)OC(CO)COC(=O)CCCCCCCCCCCCCCCCCCCCCCCCCCCCCCCCCCCCCCCCCCC. The molecule has 0 amide bonds. The van der Waals surface area contributed by atoms with Crippen LogP contribution in [0.1, 0.15) is 399 Å². The Morgan fingerprint density at radius 3 is 0.812 bits per heavy atom. The van der Waals surface area contributed by atoms with Crippen molar-refractivity contribution in [1.29, 1.82) is 0 Å². The van der Waals surface area contributed by atoms with E-state index in [0.717, 1.165) is 57.8 Å². The minimum absolute atomic E-state index is 0.0626. The van der Waals surface area contributed by atoms with Crippen LogP contribution >= 0.6 is 0 Å². The molecule has 0 spiro atoms. The Bertz CT molecular complexity index is 1320. The summed E-state index contributed by atoms with van der Waals surface area (Å²) in [4.78, 5) is 24.6. The van der Waals surface area contributed by atoms with E-state index in [1.807, 2.05) is 0 Å². The van der Waals surface area contributed by atoms with E-state index < -0.39 is 6.10 Å². The van der Waals surface area contributed by atoms with Crippen LogP contribution in [-0.4, -0.2) is 36.4 Å². The van der Waals surface area contributed by atoms with E-state index in [4.69, 9.17) is 9.47 Å². The summed E-state index contributed by atoms with van der Waals surface area (Å²) in [6.45, 7) is 4.09. The molecule has 0 heterocycles. The zero-order chi connectivity index (χ0) is 57.6. The fourth-order valence-corrected chi connectivity index (χ4v) is 11.3. The van der Waals surface area contributed by atoms with Gasteiger partial charge in [-0.1, -0.05) is 383 Å². The maximum Gasteiger partial charge on any atom is 0.306 e. The molecule has 1 N–H and O–H groups in total. The molecular formula is C75H140O5. The van der Waals surface area contributed by atoms with Crippen molar-refractivity contribution < 1.29 is 24.2 Å². The van der Waals surface area contributed by atoms with E-state index >= 15 is 0 Å². The first kappa shape index (κ1) is 77.9. The maximum atomic E-state index is 12.3. The highest BCUT2D eigenvalue weighted by molar-refractivity contribution is 5.70. The molecule has 1 atom stereocenters. The topological polar surface area (TPSA) is 72.8 Å². The van der Waals surface area contributed by atoms with Crippen LogP contribution in [-0.2, 0) is 19.1 Å².